The van der Waals surface area contributed by atoms with E-state index in [1.54, 1.807) is 0 Å². The molecular weight excluding hydrogens is 255 g/mol. The Labute approximate surface area is 114 Å². The minimum atomic E-state index is 0.451. The molecule has 0 heterocycles. The van der Waals surface area contributed by atoms with Crippen molar-refractivity contribution in [1.82, 2.24) is 4.90 Å². The molecule has 1 aromatic carbocycles. The van der Waals surface area contributed by atoms with E-state index in [9.17, 15) is 0 Å². The van der Waals surface area contributed by atoms with Crippen molar-refractivity contribution < 1.29 is 0 Å². The van der Waals surface area contributed by atoms with Crippen molar-refractivity contribution in [2.75, 3.05) is 39.1 Å². The van der Waals surface area contributed by atoms with E-state index < -0.39 is 0 Å². The van der Waals surface area contributed by atoms with Crippen molar-refractivity contribution in [3.05, 3.63) is 28.8 Å². The monoisotopic (exact) mass is 274 g/mol. The van der Waals surface area contributed by atoms with Crippen LogP contribution in [0.3, 0.4) is 0 Å². The van der Waals surface area contributed by atoms with E-state index in [4.69, 9.17) is 23.2 Å². The average molecular weight is 275 g/mol. The van der Waals surface area contributed by atoms with E-state index >= 15 is 0 Å². The van der Waals surface area contributed by atoms with Crippen LogP contribution in [-0.2, 0) is 5.88 Å². The van der Waals surface area contributed by atoms with Crippen molar-refractivity contribution in [3.63, 3.8) is 0 Å². The van der Waals surface area contributed by atoms with Gasteiger partial charge in [0.2, 0.25) is 0 Å². The van der Waals surface area contributed by atoms with Gasteiger partial charge in [-0.25, -0.2) is 0 Å². The van der Waals surface area contributed by atoms with E-state index in [-0.39, 0.29) is 0 Å². The summed E-state index contributed by atoms with van der Waals surface area (Å²) in [5, 5.41) is 0.747. The van der Waals surface area contributed by atoms with Crippen LogP contribution in [0, 0.1) is 0 Å². The highest BCUT2D eigenvalue weighted by atomic mass is 35.5. The van der Waals surface area contributed by atoms with E-state index in [2.05, 4.69) is 37.0 Å². The zero-order valence-electron chi connectivity index (χ0n) is 10.7. The molecule has 0 spiro atoms. The van der Waals surface area contributed by atoms with Crippen LogP contribution >= 0.6 is 23.2 Å². The molecule has 0 aliphatic rings. The van der Waals surface area contributed by atoms with Crippen LogP contribution in [0.4, 0.5) is 5.69 Å². The number of hydrogen-bond acceptors (Lipinski definition) is 2. The Morgan fingerprint density at radius 3 is 2.41 bits per heavy atom. The Morgan fingerprint density at radius 1 is 1.12 bits per heavy atom. The van der Waals surface area contributed by atoms with Gasteiger partial charge < -0.3 is 9.80 Å². The van der Waals surface area contributed by atoms with Crippen LogP contribution in [0.15, 0.2) is 18.2 Å². The summed E-state index contributed by atoms with van der Waals surface area (Å²) < 4.78 is 0. The Hall–Kier alpha value is -0.440. The fourth-order valence-corrected chi connectivity index (χ4v) is 2.37. The number of halogens is 2. The fraction of sp³-hybridized carbons (Fsp3) is 0.538. The topological polar surface area (TPSA) is 6.48 Å². The minimum Gasteiger partial charge on any atom is -0.374 e. The third kappa shape index (κ3) is 4.38. The molecule has 1 rings (SSSR count). The maximum absolute atomic E-state index is 6.14. The van der Waals surface area contributed by atoms with E-state index in [0.717, 1.165) is 35.8 Å². The molecule has 0 bridgehead atoms. The third-order valence-corrected chi connectivity index (χ3v) is 3.36. The van der Waals surface area contributed by atoms with Gasteiger partial charge >= 0.3 is 0 Å². The van der Waals surface area contributed by atoms with Crippen molar-refractivity contribution in [2.45, 2.75) is 12.3 Å². The summed E-state index contributed by atoms with van der Waals surface area (Å²) in [5.74, 6) is 0.451. The van der Waals surface area contributed by atoms with Gasteiger partial charge in [-0.05, 0) is 39.2 Å². The fourth-order valence-electron chi connectivity index (χ4n) is 1.78. The molecule has 0 saturated carbocycles. The smallest absolute Gasteiger partial charge is 0.0509 e. The van der Waals surface area contributed by atoms with Gasteiger partial charge in [-0.3, -0.25) is 0 Å². The molecule has 96 valence electrons. The van der Waals surface area contributed by atoms with Crippen LogP contribution in [0.1, 0.15) is 12.0 Å². The summed E-state index contributed by atoms with van der Waals surface area (Å²) in [6, 6.07) is 5.92. The van der Waals surface area contributed by atoms with Crippen LogP contribution < -0.4 is 4.90 Å². The normalized spacial score (nSPS) is 10.9. The zero-order chi connectivity index (χ0) is 12.8. The predicted octanol–water partition coefficient (Wildman–Crippen LogP) is 3.47. The van der Waals surface area contributed by atoms with Gasteiger partial charge in [-0.2, -0.15) is 0 Å². The second-order valence-electron chi connectivity index (χ2n) is 4.45. The van der Waals surface area contributed by atoms with Crippen LogP contribution in [0.25, 0.3) is 0 Å². The van der Waals surface area contributed by atoms with Crippen molar-refractivity contribution in [3.8, 4) is 0 Å². The maximum atomic E-state index is 6.14. The molecule has 0 radical (unpaired) electrons. The molecule has 4 heteroatoms. The maximum Gasteiger partial charge on any atom is 0.0509 e. The molecule has 0 aliphatic carbocycles. The molecule has 0 aliphatic heterocycles. The molecule has 0 saturated heterocycles. The van der Waals surface area contributed by atoms with Gasteiger partial charge in [0.1, 0.15) is 0 Å². The summed E-state index contributed by atoms with van der Waals surface area (Å²) >= 11 is 12.1. The SMILES string of the molecule is CN(C)CCCN(C)c1cccc(Cl)c1CCl. The van der Waals surface area contributed by atoms with Crippen LogP contribution in [0.5, 0.6) is 0 Å². The molecule has 0 N–H and O–H groups in total. The first kappa shape index (κ1) is 14.6. The average Bonchev–Trinajstić information content (AvgIpc) is 2.28. The molecule has 0 atom stereocenters. The van der Waals surface area contributed by atoms with Crippen LogP contribution in [0.2, 0.25) is 5.02 Å². The molecule has 0 amide bonds. The standard InChI is InChI=1S/C13H20Cl2N2/c1-16(2)8-5-9-17(3)13-7-4-6-12(15)11(13)10-14/h4,6-7H,5,8-10H2,1-3H3. The number of benzene rings is 1. The van der Waals surface area contributed by atoms with E-state index in [1.807, 2.05) is 12.1 Å². The first-order valence-electron chi connectivity index (χ1n) is 5.75. The van der Waals surface area contributed by atoms with Crippen molar-refractivity contribution in [2.24, 2.45) is 0 Å². The number of hydrogen-bond donors (Lipinski definition) is 0. The largest absolute Gasteiger partial charge is 0.374 e. The summed E-state index contributed by atoms with van der Waals surface area (Å²) in [7, 11) is 6.25. The lowest BCUT2D eigenvalue weighted by Crippen LogP contribution is -2.24. The number of alkyl halides is 1. The highest BCUT2D eigenvalue weighted by Crippen LogP contribution is 2.28. The summed E-state index contributed by atoms with van der Waals surface area (Å²) in [6.45, 7) is 2.09. The first-order valence-corrected chi connectivity index (χ1v) is 6.66. The predicted molar refractivity (Wildman–Crippen MR) is 77.5 cm³/mol. The lowest BCUT2D eigenvalue weighted by Gasteiger charge is -2.23. The first-order chi connectivity index (χ1) is 8.06. The van der Waals surface area contributed by atoms with Gasteiger partial charge in [0.05, 0.1) is 5.88 Å². The molecule has 0 fully saturated rings. The summed E-state index contributed by atoms with van der Waals surface area (Å²) in [6.07, 6.45) is 1.12. The Bertz CT molecular complexity index is 353. The number of rotatable bonds is 6. The highest BCUT2D eigenvalue weighted by molar-refractivity contribution is 6.32. The van der Waals surface area contributed by atoms with Gasteiger partial charge in [0, 0.05) is 29.9 Å². The van der Waals surface area contributed by atoms with Gasteiger partial charge in [0.15, 0.2) is 0 Å². The molecule has 0 unspecified atom stereocenters. The van der Waals surface area contributed by atoms with E-state index in [0.29, 0.717) is 5.88 Å². The Balaban J connectivity index is 2.68. The van der Waals surface area contributed by atoms with Gasteiger partial charge in [-0.15, -0.1) is 11.6 Å². The number of nitrogens with zero attached hydrogens (tertiary/aromatic N) is 2. The molecular formula is C13H20Cl2N2. The zero-order valence-corrected chi connectivity index (χ0v) is 12.2. The van der Waals surface area contributed by atoms with Crippen molar-refractivity contribution in [1.29, 1.82) is 0 Å². The summed E-state index contributed by atoms with van der Waals surface area (Å²) in [4.78, 5) is 4.40. The lowest BCUT2D eigenvalue weighted by atomic mass is 10.2. The Kier molecular flexibility index (Phi) is 6.10. The lowest BCUT2D eigenvalue weighted by molar-refractivity contribution is 0.401. The second kappa shape index (κ2) is 7.10. The van der Waals surface area contributed by atoms with Crippen molar-refractivity contribution >= 4 is 28.9 Å². The number of anilines is 1. The van der Waals surface area contributed by atoms with Gasteiger partial charge in [0.25, 0.3) is 0 Å². The second-order valence-corrected chi connectivity index (χ2v) is 5.12. The Morgan fingerprint density at radius 2 is 1.82 bits per heavy atom. The molecule has 0 aromatic heterocycles. The molecule has 17 heavy (non-hydrogen) atoms. The van der Waals surface area contributed by atoms with Crippen LogP contribution in [-0.4, -0.2) is 39.1 Å². The van der Waals surface area contributed by atoms with Gasteiger partial charge in [-0.1, -0.05) is 17.7 Å². The minimum absolute atomic E-state index is 0.451. The third-order valence-electron chi connectivity index (χ3n) is 2.74. The highest BCUT2D eigenvalue weighted by Gasteiger charge is 2.09. The summed E-state index contributed by atoms with van der Waals surface area (Å²) in [5.41, 5.74) is 2.15. The quantitative estimate of drug-likeness (QED) is 0.733. The van der Waals surface area contributed by atoms with E-state index in [1.165, 1.54) is 0 Å². The molecule has 2 nitrogen and oxygen atoms in total. The molecule has 1 aromatic rings.